The van der Waals surface area contributed by atoms with Crippen molar-refractivity contribution in [3.63, 3.8) is 0 Å². The molecule has 0 bridgehead atoms. The summed E-state index contributed by atoms with van der Waals surface area (Å²) in [6, 6.07) is 8.09. The Morgan fingerprint density at radius 2 is 2.13 bits per heavy atom. The van der Waals surface area contributed by atoms with Crippen molar-refractivity contribution >= 4 is 17.4 Å². The highest BCUT2D eigenvalue weighted by molar-refractivity contribution is 5.76. The van der Waals surface area contributed by atoms with Crippen LogP contribution in [0, 0.1) is 6.92 Å². The van der Waals surface area contributed by atoms with E-state index in [-0.39, 0.29) is 6.61 Å². The molecule has 4 atom stereocenters. The summed E-state index contributed by atoms with van der Waals surface area (Å²) in [5.41, 5.74) is 3.08. The molecule has 30 heavy (non-hydrogen) atoms. The van der Waals surface area contributed by atoms with Crippen LogP contribution in [0.25, 0.3) is 5.65 Å². The molecule has 3 N–H and O–H groups in total. The number of aliphatic hydroxyl groups is 2. The van der Waals surface area contributed by atoms with Crippen LogP contribution < -0.4 is 5.32 Å². The molecule has 1 aromatic carbocycles. The van der Waals surface area contributed by atoms with Crippen molar-refractivity contribution in [2.45, 2.75) is 44.8 Å². The summed E-state index contributed by atoms with van der Waals surface area (Å²) in [4.78, 5) is 20.6. The maximum atomic E-state index is 12.0. The number of carbonyl (C=O) groups is 1. The minimum Gasteiger partial charge on any atom is -0.464 e. The Bertz CT molecular complexity index is 1050. The molecular weight excluding hydrogens is 390 g/mol. The zero-order valence-corrected chi connectivity index (χ0v) is 16.6. The van der Waals surface area contributed by atoms with Gasteiger partial charge in [-0.05, 0) is 19.4 Å². The van der Waals surface area contributed by atoms with Crippen LogP contribution in [0.3, 0.4) is 0 Å². The van der Waals surface area contributed by atoms with E-state index in [1.165, 1.54) is 17.0 Å². The summed E-state index contributed by atoms with van der Waals surface area (Å²) in [7, 11) is 0. The summed E-state index contributed by atoms with van der Waals surface area (Å²) in [5.74, 6) is -0.219. The van der Waals surface area contributed by atoms with Gasteiger partial charge in [0.2, 0.25) is 0 Å². The lowest BCUT2D eigenvalue weighted by molar-refractivity contribution is -0.159. The number of ether oxygens (including phenoxy) is 2. The molecule has 10 heteroatoms. The number of aromatic nitrogens is 4. The second kappa shape index (κ2) is 8.34. The van der Waals surface area contributed by atoms with Gasteiger partial charge in [-0.3, -0.25) is 0 Å². The zero-order chi connectivity index (χ0) is 21.3. The number of nitrogens with zero attached hydrogens (tertiary/aromatic N) is 4. The highest BCUT2D eigenvalue weighted by atomic mass is 16.6. The van der Waals surface area contributed by atoms with Gasteiger partial charge in [-0.1, -0.05) is 29.8 Å². The molecule has 0 spiro atoms. The van der Waals surface area contributed by atoms with Gasteiger partial charge in [0, 0.05) is 6.54 Å². The topological polar surface area (TPSA) is 131 Å². The maximum Gasteiger partial charge on any atom is 0.338 e. The van der Waals surface area contributed by atoms with E-state index < -0.39 is 30.4 Å². The summed E-state index contributed by atoms with van der Waals surface area (Å²) in [6.45, 7) is 4.37. The van der Waals surface area contributed by atoms with E-state index in [4.69, 9.17) is 9.47 Å². The van der Waals surface area contributed by atoms with Crippen LogP contribution in [0.1, 0.15) is 29.8 Å². The maximum absolute atomic E-state index is 12.0. The van der Waals surface area contributed by atoms with Crippen LogP contribution in [-0.4, -0.2) is 60.7 Å². The number of carbonyl (C=O) groups excluding carboxylic acids is 1. The predicted molar refractivity (Wildman–Crippen MR) is 106 cm³/mol. The second-order valence-corrected chi connectivity index (χ2v) is 7.08. The fourth-order valence-electron chi connectivity index (χ4n) is 3.50. The average Bonchev–Trinajstić information content (AvgIpc) is 3.28. The Labute approximate surface area is 172 Å². The molecule has 1 fully saturated rings. The van der Waals surface area contributed by atoms with E-state index in [0.717, 1.165) is 11.1 Å². The molecule has 3 aromatic rings. The molecule has 0 saturated carbocycles. The Morgan fingerprint density at radius 3 is 2.90 bits per heavy atom. The number of hydrogen-bond acceptors (Lipinski definition) is 9. The van der Waals surface area contributed by atoms with Crippen molar-refractivity contribution in [1.29, 1.82) is 0 Å². The molecular formula is C20H23N5O5. The highest BCUT2D eigenvalue weighted by Crippen LogP contribution is 2.34. The van der Waals surface area contributed by atoms with Crippen molar-refractivity contribution in [3.8, 4) is 0 Å². The number of fused-ring (bicyclic) bond motifs is 1. The van der Waals surface area contributed by atoms with E-state index in [1.807, 2.05) is 25.1 Å². The van der Waals surface area contributed by atoms with E-state index >= 15 is 0 Å². The highest BCUT2D eigenvalue weighted by Gasteiger charge is 2.49. The molecule has 4 rings (SSSR count). The van der Waals surface area contributed by atoms with Gasteiger partial charge in [-0.25, -0.2) is 19.3 Å². The van der Waals surface area contributed by atoms with E-state index in [2.05, 4.69) is 26.4 Å². The summed E-state index contributed by atoms with van der Waals surface area (Å²) in [6.07, 6.45) is -2.19. The number of nitrogens with one attached hydrogen (secondary N) is 1. The zero-order valence-electron chi connectivity index (χ0n) is 16.6. The van der Waals surface area contributed by atoms with Crippen molar-refractivity contribution in [3.05, 3.63) is 53.6 Å². The molecule has 10 nitrogen and oxygen atoms in total. The largest absolute Gasteiger partial charge is 0.464 e. The molecule has 0 radical (unpaired) electrons. The summed E-state index contributed by atoms with van der Waals surface area (Å²) in [5, 5.41) is 28.1. The Kier molecular flexibility index (Phi) is 5.62. The first-order valence-corrected chi connectivity index (χ1v) is 9.66. The third-order valence-corrected chi connectivity index (χ3v) is 4.95. The lowest BCUT2D eigenvalue weighted by Gasteiger charge is -2.13. The van der Waals surface area contributed by atoms with E-state index in [1.54, 1.807) is 6.92 Å². The Balaban J connectivity index is 1.58. The first kappa shape index (κ1) is 20.2. The number of imidazole rings is 1. The number of hydrogen-bond donors (Lipinski definition) is 3. The van der Waals surface area contributed by atoms with Crippen LogP contribution in [0.4, 0.5) is 5.82 Å². The number of aliphatic hydroxyl groups excluding tert-OH is 2. The molecule has 2 aromatic heterocycles. The van der Waals surface area contributed by atoms with E-state index in [9.17, 15) is 15.0 Å². The minimum atomic E-state index is -1.42. The van der Waals surface area contributed by atoms with Gasteiger partial charge in [-0.2, -0.15) is 5.10 Å². The quantitative estimate of drug-likeness (QED) is 0.501. The lowest BCUT2D eigenvalue weighted by atomic mass is 10.1. The predicted octanol–water partition coefficient (Wildman–Crippen LogP) is 0.770. The molecule has 1 saturated heterocycles. The molecule has 1 aliphatic heterocycles. The van der Waals surface area contributed by atoms with Crippen LogP contribution >= 0.6 is 0 Å². The molecule has 0 aliphatic carbocycles. The number of rotatable bonds is 6. The first-order valence-electron chi connectivity index (χ1n) is 9.66. The normalized spacial score (nSPS) is 23.6. The smallest absolute Gasteiger partial charge is 0.338 e. The van der Waals surface area contributed by atoms with Gasteiger partial charge < -0.3 is 25.0 Å². The molecule has 158 valence electrons. The number of esters is 1. The number of anilines is 1. The first-order chi connectivity index (χ1) is 14.5. The van der Waals surface area contributed by atoms with Crippen LogP contribution in [0.15, 0.2) is 36.8 Å². The average molecular weight is 413 g/mol. The van der Waals surface area contributed by atoms with Gasteiger partial charge in [-0.15, -0.1) is 0 Å². The van der Waals surface area contributed by atoms with Crippen LogP contribution in [0.2, 0.25) is 0 Å². The Morgan fingerprint density at radius 1 is 1.30 bits per heavy atom. The van der Waals surface area contributed by atoms with Crippen molar-refractivity contribution < 1.29 is 24.5 Å². The van der Waals surface area contributed by atoms with Gasteiger partial charge in [0.1, 0.15) is 24.6 Å². The van der Waals surface area contributed by atoms with Crippen LogP contribution in [0.5, 0.6) is 0 Å². The third kappa shape index (κ3) is 3.72. The number of benzene rings is 1. The number of aryl methyl sites for hydroxylation is 1. The van der Waals surface area contributed by atoms with E-state index in [0.29, 0.717) is 23.7 Å². The van der Waals surface area contributed by atoms with Crippen molar-refractivity contribution in [2.24, 2.45) is 0 Å². The standard InChI is InChI=1S/C20H23N5O5/c1-3-29-20(28)17-15(27)14(26)16(30-17)13-9-22-19-18(23-10-24-25(13)19)21-8-12-6-4-5-11(2)7-12/h4-7,9-10,14-17,26-27H,3,8H2,1-2H3,(H,21,23,24)/t14-,15+,16+,17+/m1/s1. The third-order valence-electron chi connectivity index (χ3n) is 4.95. The summed E-state index contributed by atoms with van der Waals surface area (Å²) >= 11 is 0. The summed E-state index contributed by atoms with van der Waals surface area (Å²) < 4.78 is 12.0. The second-order valence-electron chi connectivity index (χ2n) is 7.08. The Hall–Kier alpha value is -3.08. The van der Waals surface area contributed by atoms with Gasteiger partial charge in [0.15, 0.2) is 17.6 Å². The molecule has 3 heterocycles. The van der Waals surface area contributed by atoms with Gasteiger partial charge in [0.05, 0.1) is 18.5 Å². The molecule has 0 amide bonds. The molecule has 0 unspecified atom stereocenters. The SMILES string of the molecule is CCOC(=O)[C@H]1O[C@@H](c2cnc3c(NCc4cccc(C)c4)ncnn23)[C@H](O)[C@@H]1O. The minimum absolute atomic E-state index is 0.144. The van der Waals surface area contributed by atoms with Crippen molar-refractivity contribution in [1.82, 2.24) is 19.6 Å². The lowest BCUT2D eigenvalue weighted by Crippen LogP contribution is -2.36. The monoisotopic (exact) mass is 413 g/mol. The fraction of sp³-hybridized carbons (Fsp3) is 0.400. The van der Waals surface area contributed by atoms with Crippen LogP contribution in [-0.2, 0) is 20.8 Å². The van der Waals surface area contributed by atoms with Gasteiger partial charge >= 0.3 is 5.97 Å². The van der Waals surface area contributed by atoms with Crippen molar-refractivity contribution in [2.75, 3.05) is 11.9 Å². The fourth-order valence-corrected chi connectivity index (χ4v) is 3.50. The van der Waals surface area contributed by atoms with Gasteiger partial charge in [0.25, 0.3) is 0 Å². The molecule has 1 aliphatic rings.